The molecule has 20 heavy (non-hydrogen) atoms. The van der Waals surface area contributed by atoms with E-state index in [2.05, 4.69) is 51.6 Å². The van der Waals surface area contributed by atoms with E-state index in [9.17, 15) is 0 Å². The molecule has 3 N–H and O–H groups in total. The summed E-state index contributed by atoms with van der Waals surface area (Å²) in [7, 11) is 0. The normalized spacial score (nSPS) is 11.2. The summed E-state index contributed by atoms with van der Waals surface area (Å²) in [6, 6.07) is 0. The number of H-pyrrole nitrogens is 1. The van der Waals surface area contributed by atoms with Crippen LogP contribution in [-0.2, 0) is 0 Å². The fourth-order valence-electron chi connectivity index (χ4n) is 2.00. The standard InChI is InChI=1S/C14H24N6/c1-4-7-16-14-18-12(15-8-5-6-10(2)3)11-9-17-20-13(11)19-14/h9-10H,4-8H2,1-3H3,(H3,15,16,17,18,19,20). The van der Waals surface area contributed by atoms with E-state index in [0.717, 1.165) is 48.7 Å². The second-order valence-electron chi connectivity index (χ2n) is 5.42. The van der Waals surface area contributed by atoms with Crippen LogP contribution in [0.15, 0.2) is 6.20 Å². The maximum absolute atomic E-state index is 4.53. The molecule has 0 radical (unpaired) electrons. The molecule has 0 amide bonds. The minimum atomic E-state index is 0.648. The third-order valence-corrected chi connectivity index (χ3v) is 3.09. The molecule has 0 fully saturated rings. The molecule has 0 saturated heterocycles. The van der Waals surface area contributed by atoms with Crippen LogP contribution in [0.2, 0.25) is 0 Å². The van der Waals surface area contributed by atoms with Crippen molar-refractivity contribution in [1.82, 2.24) is 20.2 Å². The zero-order valence-corrected chi connectivity index (χ0v) is 12.5. The van der Waals surface area contributed by atoms with Crippen LogP contribution >= 0.6 is 0 Å². The molecule has 2 aromatic rings. The lowest BCUT2D eigenvalue weighted by Gasteiger charge is -2.10. The second-order valence-corrected chi connectivity index (χ2v) is 5.42. The Kier molecular flexibility index (Phi) is 5.15. The van der Waals surface area contributed by atoms with Gasteiger partial charge in [0.25, 0.3) is 0 Å². The zero-order valence-electron chi connectivity index (χ0n) is 12.5. The van der Waals surface area contributed by atoms with Crippen LogP contribution in [-0.4, -0.2) is 33.3 Å². The van der Waals surface area contributed by atoms with Gasteiger partial charge < -0.3 is 10.6 Å². The number of hydrogen-bond donors (Lipinski definition) is 3. The lowest BCUT2D eigenvalue weighted by Crippen LogP contribution is -2.09. The minimum absolute atomic E-state index is 0.648. The maximum Gasteiger partial charge on any atom is 0.226 e. The quantitative estimate of drug-likeness (QED) is 0.646. The van der Waals surface area contributed by atoms with Gasteiger partial charge in [0.1, 0.15) is 5.82 Å². The Morgan fingerprint density at radius 2 is 2.05 bits per heavy atom. The molecule has 6 heteroatoms. The van der Waals surface area contributed by atoms with Gasteiger partial charge >= 0.3 is 0 Å². The number of aromatic amines is 1. The predicted octanol–water partition coefficient (Wildman–Crippen LogP) is 3.02. The fourth-order valence-corrected chi connectivity index (χ4v) is 2.00. The van der Waals surface area contributed by atoms with Crippen LogP contribution < -0.4 is 10.6 Å². The molecule has 0 aliphatic rings. The lowest BCUT2D eigenvalue weighted by atomic mass is 10.1. The van der Waals surface area contributed by atoms with Gasteiger partial charge in [-0.15, -0.1) is 0 Å². The number of fused-ring (bicyclic) bond motifs is 1. The number of hydrogen-bond acceptors (Lipinski definition) is 5. The van der Waals surface area contributed by atoms with Gasteiger partial charge in [0.2, 0.25) is 5.95 Å². The summed E-state index contributed by atoms with van der Waals surface area (Å²) >= 11 is 0. The highest BCUT2D eigenvalue weighted by Gasteiger charge is 2.08. The first-order valence-corrected chi connectivity index (χ1v) is 7.39. The monoisotopic (exact) mass is 276 g/mol. The summed E-state index contributed by atoms with van der Waals surface area (Å²) in [5.41, 5.74) is 0.768. The van der Waals surface area contributed by atoms with Crippen molar-refractivity contribution in [2.45, 2.75) is 40.0 Å². The van der Waals surface area contributed by atoms with Crippen molar-refractivity contribution >= 4 is 22.8 Å². The van der Waals surface area contributed by atoms with Crippen LogP contribution in [0.4, 0.5) is 11.8 Å². The Morgan fingerprint density at radius 3 is 2.80 bits per heavy atom. The molecule has 0 saturated carbocycles. The van der Waals surface area contributed by atoms with E-state index >= 15 is 0 Å². The molecule has 2 rings (SSSR count). The Labute approximate surface area is 119 Å². The highest BCUT2D eigenvalue weighted by molar-refractivity contribution is 5.86. The van der Waals surface area contributed by atoms with Crippen LogP contribution in [0.25, 0.3) is 11.0 Å². The average Bonchev–Trinajstić information content (AvgIpc) is 2.89. The minimum Gasteiger partial charge on any atom is -0.369 e. The highest BCUT2D eigenvalue weighted by atomic mass is 15.2. The summed E-state index contributed by atoms with van der Waals surface area (Å²) < 4.78 is 0. The zero-order chi connectivity index (χ0) is 14.4. The first kappa shape index (κ1) is 14.6. The van der Waals surface area contributed by atoms with E-state index in [1.54, 1.807) is 6.20 Å². The first-order chi connectivity index (χ1) is 9.70. The molecule has 0 unspecified atom stereocenters. The number of aromatic nitrogens is 4. The van der Waals surface area contributed by atoms with E-state index in [4.69, 9.17) is 0 Å². The molecule has 0 bridgehead atoms. The van der Waals surface area contributed by atoms with Crippen LogP contribution in [0, 0.1) is 5.92 Å². The highest BCUT2D eigenvalue weighted by Crippen LogP contribution is 2.20. The van der Waals surface area contributed by atoms with E-state index in [1.807, 2.05) is 0 Å². The molecule has 0 aromatic carbocycles. The van der Waals surface area contributed by atoms with Crippen molar-refractivity contribution in [3.8, 4) is 0 Å². The fraction of sp³-hybridized carbons (Fsp3) is 0.643. The van der Waals surface area contributed by atoms with Crippen molar-refractivity contribution in [3.05, 3.63) is 6.20 Å². The molecule has 0 atom stereocenters. The van der Waals surface area contributed by atoms with Gasteiger partial charge in [0.15, 0.2) is 5.65 Å². The lowest BCUT2D eigenvalue weighted by molar-refractivity contribution is 0.567. The summed E-state index contributed by atoms with van der Waals surface area (Å²) in [4.78, 5) is 8.94. The first-order valence-electron chi connectivity index (χ1n) is 7.39. The van der Waals surface area contributed by atoms with Crippen molar-refractivity contribution in [2.24, 2.45) is 5.92 Å². The molecule has 110 valence electrons. The van der Waals surface area contributed by atoms with Gasteiger partial charge in [-0.2, -0.15) is 15.1 Å². The van der Waals surface area contributed by atoms with Crippen molar-refractivity contribution in [1.29, 1.82) is 0 Å². The molecule has 6 nitrogen and oxygen atoms in total. The van der Waals surface area contributed by atoms with Gasteiger partial charge in [-0.3, -0.25) is 5.10 Å². The molecule has 0 aliphatic heterocycles. The van der Waals surface area contributed by atoms with E-state index < -0.39 is 0 Å². The summed E-state index contributed by atoms with van der Waals surface area (Å²) in [5.74, 6) is 2.24. The summed E-state index contributed by atoms with van der Waals surface area (Å²) in [6.07, 6.45) is 5.16. The van der Waals surface area contributed by atoms with Crippen molar-refractivity contribution in [2.75, 3.05) is 23.7 Å². The third kappa shape index (κ3) is 3.82. The topological polar surface area (TPSA) is 78.5 Å². The maximum atomic E-state index is 4.53. The van der Waals surface area contributed by atoms with Crippen LogP contribution in [0.3, 0.4) is 0 Å². The molecule has 2 heterocycles. The van der Waals surface area contributed by atoms with Gasteiger partial charge in [-0.05, 0) is 25.2 Å². The summed E-state index contributed by atoms with van der Waals surface area (Å²) in [5, 5.41) is 14.5. The Hall–Kier alpha value is -1.85. The molecule has 2 aromatic heterocycles. The Bertz CT molecular complexity index is 533. The molecule has 0 spiro atoms. The number of anilines is 2. The second kappa shape index (κ2) is 7.07. The van der Waals surface area contributed by atoms with Gasteiger partial charge in [-0.1, -0.05) is 20.8 Å². The van der Waals surface area contributed by atoms with Crippen molar-refractivity contribution < 1.29 is 0 Å². The molecule has 0 aliphatic carbocycles. The smallest absolute Gasteiger partial charge is 0.226 e. The predicted molar refractivity (Wildman–Crippen MR) is 83.0 cm³/mol. The van der Waals surface area contributed by atoms with Gasteiger partial charge in [0, 0.05) is 13.1 Å². The summed E-state index contributed by atoms with van der Waals surface area (Å²) in [6.45, 7) is 8.39. The molecular formula is C14H24N6. The Morgan fingerprint density at radius 1 is 1.20 bits per heavy atom. The molecular weight excluding hydrogens is 252 g/mol. The van der Waals surface area contributed by atoms with Crippen LogP contribution in [0.5, 0.6) is 0 Å². The number of nitrogens with zero attached hydrogens (tertiary/aromatic N) is 3. The largest absolute Gasteiger partial charge is 0.369 e. The van der Waals surface area contributed by atoms with E-state index in [0.29, 0.717) is 5.95 Å². The average molecular weight is 276 g/mol. The van der Waals surface area contributed by atoms with Crippen molar-refractivity contribution in [3.63, 3.8) is 0 Å². The third-order valence-electron chi connectivity index (χ3n) is 3.09. The van der Waals surface area contributed by atoms with Gasteiger partial charge in [-0.25, -0.2) is 0 Å². The van der Waals surface area contributed by atoms with Crippen LogP contribution in [0.1, 0.15) is 40.0 Å². The van der Waals surface area contributed by atoms with Gasteiger partial charge in [0.05, 0.1) is 11.6 Å². The SMILES string of the molecule is CCCNc1nc(NCCCC(C)C)c2cn[nH]c2n1. The number of nitrogens with one attached hydrogen (secondary N) is 3. The van der Waals surface area contributed by atoms with E-state index in [1.165, 1.54) is 6.42 Å². The number of rotatable bonds is 8. The Balaban J connectivity index is 2.07. The van der Waals surface area contributed by atoms with E-state index in [-0.39, 0.29) is 0 Å².